The Hall–Kier alpha value is -1.81. The molecule has 118 valence electrons. The largest absolute Gasteiger partial charge is 0.361 e. The zero-order chi connectivity index (χ0) is 15.4. The minimum atomic E-state index is 0.189. The molecule has 1 aromatic carbocycles. The van der Waals surface area contributed by atoms with E-state index in [-0.39, 0.29) is 5.91 Å². The van der Waals surface area contributed by atoms with E-state index in [0.29, 0.717) is 12.3 Å². The first kappa shape index (κ1) is 15.1. The van der Waals surface area contributed by atoms with Crippen LogP contribution in [0, 0.1) is 5.92 Å². The van der Waals surface area contributed by atoms with Crippen molar-refractivity contribution in [3.8, 4) is 0 Å². The van der Waals surface area contributed by atoms with Crippen LogP contribution in [0.4, 0.5) is 0 Å². The van der Waals surface area contributed by atoms with E-state index in [4.69, 9.17) is 0 Å². The fourth-order valence-electron chi connectivity index (χ4n) is 3.32. The summed E-state index contributed by atoms with van der Waals surface area (Å²) in [6, 6.07) is 8.32. The molecule has 0 spiro atoms. The number of carbonyl (C=O) groups excluding carboxylic acids is 1. The maximum Gasteiger partial charge on any atom is 0.220 e. The summed E-state index contributed by atoms with van der Waals surface area (Å²) < 4.78 is 0. The van der Waals surface area contributed by atoms with Gasteiger partial charge in [-0.15, -0.1) is 0 Å². The molecule has 0 radical (unpaired) electrons. The molecule has 22 heavy (non-hydrogen) atoms. The lowest BCUT2D eigenvalue weighted by molar-refractivity contribution is -0.121. The molecule has 1 amide bonds. The monoisotopic (exact) mass is 299 g/mol. The number of aromatic nitrogens is 1. The number of para-hydroxylation sites is 1. The molecule has 1 aromatic heterocycles. The van der Waals surface area contributed by atoms with E-state index in [1.165, 1.54) is 22.9 Å². The SMILES string of the molecule is CN1CCC(CNC(=O)CCCc2c[nH]c3ccccc23)C1. The van der Waals surface area contributed by atoms with Gasteiger partial charge in [0.1, 0.15) is 0 Å². The number of nitrogens with zero attached hydrogens (tertiary/aromatic N) is 1. The Balaban J connectivity index is 1.40. The minimum Gasteiger partial charge on any atom is -0.361 e. The number of fused-ring (bicyclic) bond motifs is 1. The first-order chi connectivity index (χ1) is 10.7. The van der Waals surface area contributed by atoms with Crippen LogP contribution in [0.25, 0.3) is 10.9 Å². The highest BCUT2D eigenvalue weighted by atomic mass is 16.1. The number of amides is 1. The number of aryl methyl sites for hydroxylation is 1. The second-order valence-electron chi connectivity index (χ2n) is 6.43. The molecule has 0 saturated carbocycles. The highest BCUT2D eigenvalue weighted by molar-refractivity contribution is 5.83. The highest BCUT2D eigenvalue weighted by Crippen LogP contribution is 2.19. The molecule has 4 nitrogen and oxygen atoms in total. The summed E-state index contributed by atoms with van der Waals surface area (Å²) in [5.74, 6) is 0.817. The summed E-state index contributed by atoms with van der Waals surface area (Å²) in [4.78, 5) is 17.6. The van der Waals surface area contributed by atoms with Crippen molar-refractivity contribution in [1.29, 1.82) is 0 Å². The summed E-state index contributed by atoms with van der Waals surface area (Å²) in [6.45, 7) is 3.09. The molecule has 1 aliphatic rings. The van der Waals surface area contributed by atoms with Crippen LogP contribution in [-0.2, 0) is 11.2 Å². The highest BCUT2D eigenvalue weighted by Gasteiger charge is 2.19. The van der Waals surface area contributed by atoms with Gasteiger partial charge in [-0.3, -0.25) is 4.79 Å². The van der Waals surface area contributed by atoms with Gasteiger partial charge >= 0.3 is 0 Å². The van der Waals surface area contributed by atoms with Crippen molar-refractivity contribution in [3.05, 3.63) is 36.0 Å². The van der Waals surface area contributed by atoms with Crippen molar-refractivity contribution < 1.29 is 4.79 Å². The molecule has 2 aromatic rings. The number of hydrogen-bond acceptors (Lipinski definition) is 2. The van der Waals surface area contributed by atoms with Gasteiger partial charge in [0.2, 0.25) is 5.91 Å². The van der Waals surface area contributed by atoms with Crippen LogP contribution in [0.2, 0.25) is 0 Å². The van der Waals surface area contributed by atoms with Gasteiger partial charge in [-0.1, -0.05) is 18.2 Å². The fourth-order valence-corrected chi connectivity index (χ4v) is 3.32. The Morgan fingerprint density at radius 3 is 3.09 bits per heavy atom. The molecule has 2 N–H and O–H groups in total. The van der Waals surface area contributed by atoms with E-state index in [2.05, 4.69) is 46.6 Å². The Morgan fingerprint density at radius 2 is 2.27 bits per heavy atom. The molecule has 1 aliphatic heterocycles. The first-order valence-electron chi connectivity index (χ1n) is 8.22. The van der Waals surface area contributed by atoms with Gasteiger partial charge in [-0.25, -0.2) is 0 Å². The number of nitrogens with one attached hydrogen (secondary N) is 2. The summed E-state index contributed by atoms with van der Waals surface area (Å²) in [7, 11) is 2.14. The lowest BCUT2D eigenvalue weighted by Gasteiger charge is -2.11. The van der Waals surface area contributed by atoms with Crippen molar-refractivity contribution in [3.63, 3.8) is 0 Å². The third-order valence-corrected chi connectivity index (χ3v) is 4.60. The van der Waals surface area contributed by atoms with Crippen LogP contribution in [0.5, 0.6) is 0 Å². The second-order valence-corrected chi connectivity index (χ2v) is 6.43. The fraction of sp³-hybridized carbons (Fsp3) is 0.500. The number of aromatic amines is 1. The molecule has 4 heteroatoms. The van der Waals surface area contributed by atoms with Crippen LogP contribution < -0.4 is 5.32 Å². The zero-order valence-electron chi connectivity index (χ0n) is 13.3. The van der Waals surface area contributed by atoms with Crippen molar-refractivity contribution in [1.82, 2.24) is 15.2 Å². The van der Waals surface area contributed by atoms with Gasteiger partial charge < -0.3 is 15.2 Å². The number of H-pyrrole nitrogens is 1. The van der Waals surface area contributed by atoms with Crippen molar-refractivity contribution in [2.24, 2.45) is 5.92 Å². The lowest BCUT2D eigenvalue weighted by Crippen LogP contribution is -2.30. The van der Waals surface area contributed by atoms with E-state index in [0.717, 1.165) is 32.5 Å². The van der Waals surface area contributed by atoms with Crippen LogP contribution in [0.15, 0.2) is 30.5 Å². The predicted octanol–water partition coefficient (Wildman–Crippen LogP) is 2.56. The van der Waals surface area contributed by atoms with Crippen LogP contribution in [0.1, 0.15) is 24.8 Å². The maximum atomic E-state index is 11.9. The van der Waals surface area contributed by atoms with Crippen molar-refractivity contribution in [2.75, 3.05) is 26.7 Å². The van der Waals surface area contributed by atoms with Gasteiger partial charge in [-0.05, 0) is 50.4 Å². The third kappa shape index (κ3) is 3.69. The number of rotatable bonds is 6. The number of benzene rings is 1. The molecule has 0 bridgehead atoms. The van der Waals surface area contributed by atoms with Crippen LogP contribution in [0.3, 0.4) is 0 Å². The quantitative estimate of drug-likeness (QED) is 0.861. The topological polar surface area (TPSA) is 48.1 Å². The maximum absolute atomic E-state index is 11.9. The van der Waals surface area contributed by atoms with Gasteiger partial charge in [0, 0.05) is 36.6 Å². The van der Waals surface area contributed by atoms with Gasteiger partial charge in [0.05, 0.1) is 0 Å². The summed E-state index contributed by atoms with van der Waals surface area (Å²) in [5.41, 5.74) is 2.48. The van der Waals surface area contributed by atoms with Crippen molar-refractivity contribution >= 4 is 16.8 Å². The molecule has 2 heterocycles. The third-order valence-electron chi connectivity index (χ3n) is 4.60. The molecule has 1 fully saturated rings. The Labute approximate surface area is 131 Å². The Kier molecular flexibility index (Phi) is 4.78. The number of likely N-dealkylation sites (tertiary alicyclic amines) is 1. The zero-order valence-corrected chi connectivity index (χ0v) is 13.3. The number of hydrogen-bond donors (Lipinski definition) is 2. The van der Waals surface area contributed by atoms with Crippen LogP contribution >= 0.6 is 0 Å². The van der Waals surface area contributed by atoms with E-state index < -0.39 is 0 Å². The predicted molar refractivity (Wildman–Crippen MR) is 89.9 cm³/mol. The molecular formula is C18H25N3O. The van der Waals surface area contributed by atoms with Crippen LogP contribution in [-0.4, -0.2) is 42.5 Å². The van der Waals surface area contributed by atoms with Gasteiger partial charge in [-0.2, -0.15) is 0 Å². The average molecular weight is 299 g/mol. The number of carbonyl (C=O) groups is 1. The second kappa shape index (κ2) is 6.97. The van der Waals surface area contributed by atoms with E-state index in [9.17, 15) is 4.79 Å². The minimum absolute atomic E-state index is 0.189. The molecule has 1 unspecified atom stereocenters. The standard InChI is InChI=1S/C18H25N3O/c1-21-10-9-14(13-21)11-20-18(22)8-4-5-15-12-19-17-7-3-2-6-16(15)17/h2-3,6-7,12,14,19H,4-5,8-11,13H2,1H3,(H,20,22). The molecule has 3 rings (SSSR count). The normalized spacial score (nSPS) is 18.9. The lowest BCUT2D eigenvalue weighted by atomic mass is 10.1. The summed E-state index contributed by atoms with van der Waals surface area (Å²) in [6.07, 6.45) is 5.73. The molecule has 1 atom stereocenters. The molecule has 1 saturated heterocycles. The van der Waals surface area contributed by atoms with E-state index >= 15 is 0 Å². The first-order valence-corrected chi connectivity index (χ1v) is 8.22. The van der Waals surface area contributed by atoms with Gasteiger partial charge in [0.25, 0.3) is 0 Å². The smallest absolute Gasteiger partial charge is 0.220 e. The van der Waals surface area contributed by atoms with E-state index in [1.807, 2.05) is 6.07 Å². The van der Waals surface area contributed by atoms with Gasteiger partial charge in [0.15, 0.2) is 0 Å². The van der Waals surface area contributed by atoms with E-state index in [1.54, 1.807) is 0 Å². The molecular weight excluding hydrogens is 274 g/mol. The Morgan fingerprint density at radius 1 is 1.41 bits per heavy atom. The summed E-state index contributed by atoms with van der Waals surface area (Å²) >= 11 is 0. The Bertz CT molecular complexity index is 634. The average Bonchev–Trinajstić information content (AvgIpc) is 3.12. The molecule has 0 aliphatic carbocycles. The summed E-state index contributed by atoms with van der Waals surface area (Å²) in [5, 5.41) is 4.36. The van der Waals surface area contributed by atoms with Crippen molar-refractivity contribution in [2.45, 2.75) is 25.7 Å².